The maximum atomic E-state index is 4.72. The molecule has 0 radical (unpaired) electrons. The van der Waals surface area contributed by atoms with Gasteiger partial charge in [-0.1, -0.05) is 17.4 Å². The van der Waals surface area contributed by atoms with Gasteiger partial charge < -0.3 is 9.88 Å². The van der Waals surface area contributed by atoms with Crippen molar-refractivity contribution in [2.75, 3.05) is 11.9 Å². The Balaban J connectivity index is 1.35. The summed E-state index contributed by atoms with van der Waals surface area (Å²) in [7, 11) is 0. The first-order valence-electron chi connectivity index (χ1n) is 7.92. The molecule has 4 rings (SSSR count). The molecule has 3 aromatic heterocycles. The third kappa shape index (κ3) is 3.24. The van der Waals surface area contributed by atoms with Gasteiger partial charge in [-0.15, -0.1) is 10.2 Å². The maximum Gasteiger partial charge on any atom is 0.206 e. The van der Waals surface area contributed by atoms with E-state index < -0.39 is 0 Å². The van der Waals surface area contributed by atoms with E-state index in [2.05, 4.69) is 31.3 Å². The van der Waals surface area contributed by atoms with E-state index in [1.807, 2.05) is 18.2 Å². The van der Waals surface area contributed by atoms with E-state index in [-0.39, 0.29) is 0 Å². The van der Waals surface area contributed by atoms with Crippen LogP contribution in [0.3, 0.4) is 0 Å². The molecule has 0 unspecified atom stereocenters. The highest BCUT2D eigenvalue weighted by atomic mass is 32.1. The molecule has 1 aliphatic heterocycles. The van der Waals surface area contributed by atoms with Crippen molar-refractivity contribution in [2.24, 2.45) is 0 Å². The van der Waals surface area contributed by atoms with E-state index in [1.165, 1.54) is 30.0 Å². The zero-order valence-corrected chi connectivity index (χ0v) is 13.6. The van der Waals surface area contributed by atoms with E-state index in [4.69, 9.17) is 4.98 Å². The minimum atomic E-state index is 0.813. The monoisotopic (exact) mass is 326 g/mol. The quantitative estimate of drug-likeness (QED) is 0.781. The molecular formula is C16H18N6S. The summed E-state index contributed by atoms with van der Waals surface area (Å²) < 4.78 is 2.29. The topological polar surface area (TPSA) is 68.5 Å². The number of imidazole rings is 1. The van der Waals surface area contributed by atoms with Gasteiger partial charge in [0.25, 0.3) is 0 Å². The van der Waals surface area contributed by atoms with Gasteiger partial charge in [-0.05, 0) is 25.0 Å². The minimum Gasteiger partial charge on any atom is -0.360 e. The number of hydrogen-bond acceptors (Lipinski definition) is 6. The maximum absolute atomic E-state index is 4.72. The Kier molecular flexibility index (Phi) is 4.02. The number of anilines is 1. The number of pyridine rings is 1. The van der Waals surface area contributed by atoms with Gasteiger partial charge in [0, 0.05) is 38.3 Å². The number of aryl methyl sites for hydroxylation is 2. The Morgan fingerprint density at radius 1 is 1.22 bits per heavy atom. The zero-order valence-electron chi connectivity index (χ0n) is 12.8. The Morgan fingerprint density at radius 2 is 2.22 bits per heavy atom. The third-order valence-electron chi connectivity index (χ3n) is 3.92. The van der Waals surface area contributed by atoms with Crippen molar-refractivity contribution < 1.29 is 0 Å². The highest BCUT2D eigenvalue weighted by Crippen LogP contribution is 2.24. The molecule has 1 N–H and O–H groups in total. The number of nitrogens with zero attached hydrogens (tertiary/aromatic N) is 5. The molecule has 0 atom stereocenters. The summed E-state index contributed by atoms with van der Waals surface area (Å²) in [5.41, 5.74) is 2.02. The first-order valence-corrected chi connectivity index (χ1v) is 8.74. The predicted molar refractivity (Wildman–Crippen MR) is 90.5 cm³/mol. The Morgan fingerprint density at radius 3 is 3.09 bits per heavy atom. The highest BCUT2D eigenvalue weighted by molar-refractivity contribution is 7.18. The molecule has 0 amide bonds. The van der Waals surface area contributed by atoms with Crippen molar-refractivity contribution in [3.63, 3.8) is 0 Å². The van der Waals surface area contributed by atoms with Crippen LogP contribution in [0.1, 0.15) is 24.4 Å². The van der Waals surface area contributed by atoms with Gasteiger partial charge >= 0.3 is 0 Å². The molecule has 0 spiro atoms. The van der Waals surface area contributed by atoms with Gasteiger partial charge in [-0.2, -0.15) is 0 Å². The fraction of sp³-hybridized carbons (Fsp3) is 0.375. The lowest BCUT2D eigenvalue weighted by molar-refractivity contribution is 0.522. The van der Waals surface area contributed by atoms with Crippen LogP contribution in [-0.4, -0.2) is 31.3 Å². The number of fused-ring (bicyclic) bond motifs is 1. The average molecular weight is 326 g/mol. The fourth-order valence-corrected chi connectivity index (χ4v) is 3.52. The Hall–Kier alpha value is -2.28. The van der Waals surface area contributed by atoms with Crippen LogP contribution in [0.4, 0.5) is 5.13 Å². The summed E-state index contributed by atoms with van der Waals surface area (Å²) in [4.78, 5) is 9.01. The van der Waals surface area contributed by atoms with Crippen molar-refractivity contribution in [3.05, 3.63) is 42.1 Å². The molecule has 0 fully saturated rings. The number of nitrogens with one attached hydrogen (secondary N) is 1. The van der Waals surface area contributed by atoms with Crippen LogP contribution >= 0.6 is 11.3 Å². The zero-order chi connectivity index (χ0) is 15.5. The molecule has 0 aromatic carbocycles. The lowest BCUT2D eigenvalue weighted by Gasteiger charge is -2.11. The van der Waals surface area contributed by atoms with E-state index >= 15 is 0 Å². The van der Waals surface area contributed by atoms with E-state index in [0.29, 0.717) is 0 Å². The standard InChI is InChI=1S/C16H18N6S/c1-3-8-17-13(5-1)15-20-21-16(23-15)18-9-7-12-11-22-10-4-2-6-14(22)19-12/h1,3,5,8,11H,2,4,6-7,9-10H2,(H,18,21). The molecule has 118 valence electrons. The van der Waals surface area contributed by atoms with Crippen molar-refractivity contribution in [1.82, 2.24) is 24.7 Å². The molecule has 4 heterocycles. The average Bonchev–Trinajstić information content (AvgIpc) is 3.22. The van der Waals surface area contributed by atoms with Gasteiger partial charge in [-0.3, -0.25) is 4.98 Å². The number of hydrogen-bond donors (Lipinski definition) is 1. The van der Waals surface area contributed by atoms with Crippen molar-refractivity contribution in [3.8, 4) is 10.7 Å². The second kappa shape index (κ2) is 6.45. The van der Waals surface area contributed by atoms with Crippen LogP contribution in [0, 0.1) is 0 Å². The van der Waals surface area contributed by atoms with Crippen LogP contribution in [0.2, 0.25) is 0 Å². The van der Waals surface area contributed by atoms with Gasteiger partial charge in [0.05, 0.1) is 5.69 Å². The summed E-state index contributed by atoms with van der Waals surface area (Å²) in [6, 6.07) is 5.80. The molecule has 1 aliphatic rings. The first-order chi connectivity index (χ1) is 11.4. The summed E-state index contributed by atoms with van der Waals surface area (Å²) >= 11 is 1.53. The molecule has 3 aromatic rings. The molecule has 0 saturated carbocycles. The number of aromatic nitrogens is 5. The van der Waals surface area contributed by atoms with E-state index in [0.717, 1.165) is 47.5 Å². The van der Waals surface area contributed by atoms with Crippen molar-refractivity contribution in [1.29, 1.82) is 0 Å². The molecular weight excluding hydrogens is 308 g/mol. The van der Waals surface area contributed by atoms with Crippen LogP contribution in [-0.2, 0) is 19.4 Å². The molecule has 23 heavy (non-hydrogen) atoms. The minimum absolute atomic E-state index is 0.813. The molecule has 0 saturated heterocycles. The normalized spacial score (nSPS) is 13.7. The molecule has 0 bridgehead atoms. The van der Waals surface area contributed by atoms with Gasteiger partial charge in [0.2, 0.25) is 5.13 Å². The third-order valence-corrected chi connectivity index (χ3v) is 4.83. The Bertz CT molecular complexity index is 755. The smallest absolute Gasteiger partial charge is 0.206 e. The van der Waals surface area contributed by atoms with Gasteiger partial charge in [0.1, 0.15) is 11.5 Å². The lowest BCUT2D eigenvalue weighted by atomic mass is 10.2. The SMILES string of the molecule is c1ccc(-c2nnc(NCCc3cn4c(n3)CCCC4)s2)nc1. The summed E-state index contributed by atoms with van der Waals surface area (Å²) in [5, 5.41) is 13.4. The molecule has 7 heteroatoms. The molecule has 0 aliphatic carbocycles. The fourth-order valence-electron chi connectivity index (χ4n) is 2.78. The molecule has 6 nitrogen and oxygen atoms in total. The van der Waals surface area contributed by atoms with Crippen molar-refractivity contribution >= 4 is 16.5 Å². The van der Waals surface area contributed by atoms with Crippen LogP contribution in [0.5, 0.6) is 0 Å². The van der Waals surface area contributed by atoms with Gasteiger partial charge in [-0.25, -0.2) is 4.98 Å². The van der Waals surface area contributed by atoms with Crippen LogP contribution in [0.25, 0.3) is 10.7 Å². The largest absolute Gasteiger partial charge is 0.360 e. The van der Waals surface area contributed by atoms with E-state index in [9.17, 15) is 0 Å². The summed E-state index contributed by atoms with van der Waals surface area (Å²) in [6.07, 6.45) is 8.49. The first kappa shape index (κ1) is 14.3. The number of rotatable bonds is 5. The highest BCUT2D eigenvalue weighted by Gasteiger charge is 2.12. The summed E-state index contributed by atoms with van der Waals surface area (Å²) in [6.45, 7) is 1.92. The van der Waals surface area contributed by atoms with Crippen LogP contribution < -0.4 is 5.32 Å². The second-order valence-corrected chi connectivity index (χ2v) is 6.58. The Labute approximate surface area is 138 Å². The van der Waals surface area contributed by atoms with Crippen LogP contribution in [0.15, 0.2) is 30.6 Å². The lowest BCUT2D eigenvalue weighted by Crippen LogP contribution is -2.08. The second-order valence-electron chi connectivity index (χ2n) is 5.60. The van der Waals surface area contributed by atoms with Crippen molar-refractivity contribution in [2.45, 2.75) is 32.2 Å². The van der Waals surface area contributed by atoms with E-state index in [1.54, 1.807) is 6.20 Å². The van der Waals surface area contributed by atoms with Gasteiger partial charge in [0.15, 0.2) is 5.01 Å². The summed E-state index contributed by atoms with van der Waals surface area (Å²) in [5.74, 6) is 1.24. The predicted octanol–water partition coefficient (Wildman–Crippen LogP) is 2.79.